The Labute approximate surface area is 143 Å². The van der Waals surface area contributed by atoms with E-state index in [1.54, 1.807) is 0 Å². The Balaban J connectivity index is 1.68. The van der Waals surface area contributed by atoms with Crippen molar-refractivity contribution >= 4 is 0 Å². The second-order valence-electron chi connectivity index (χ2n) is 6.96. The smallest absolute Gasteiger partial charge is 0.0646 e. The van der Waals surface area contributed by atoms with Crippen molar-refractivity contribution in [2.75, 3.05) is 26.2 Å². The van der Waals surface area contributed by atoms with E-state index in [1.807, 2.05) is 35.1 Å². The molecule has 0 spiro atoms. The maximum absolute atomic E-state index is 10.6. The van der Waals surface area contributed by atoms with Gasteiger partial charge in [0.05, 0.1) is 19.3 Å². The molecule has 0 saturated carbocycles. The Morgan fingerprint density at radius 2 is 2.00 bits per heavy atom. The van der Waals surface area contributed by atoms with Gasteiger partial charge < -0.3 is 15.1 Å². The lowest BCUT2D eigenvalue weighted by Crippen LogP contribution is -2.55. The monoisotopic (exact) mass is 329 g/mol. The van der Waals surface area contributed by atoms with Crippen molar-refractivity contribution in [3.63, 3.8) is 0 Å². The van der Waals surface area contributed by atoms with Gasteiger partial charge in [0.25, 0.3) is 0 Å². The van der Waals surface area contributed by atoms with E-state index in [1.165, 1.54) is 0 Å². The minimum atomic E-state index is -0.487. The molecule has 2 N–H and O–H groups in total. The van der Waals surface area contributed by atoms with Crippen LogP contribution in [0.3, 0.4) is 0 Å². The first-order valence-electron chi connectivity index (χ1n) is 8.66. The largest absolute Gasteiger partial charge is 0.396 e. The number of aromatic nitrogens is 2. The molecule has 1 aromatic carbocycles. The summed E-state index contributed by atoms with van der Waals surface area (Å²) in [6.45, 7) is 5.34. The molecule has 130 valence electrons. The zero-order valence-electron chi connectivity index (χ0n) is 14.3. The highest BCUT2D eigenvalue weighted by Gasteiger charge is 2.42. The van der Waals surface area contributed by atoms with E-state index in [2.05, 4.69) is 29.1 Å². The molecule has 1 saturated heterocycles. The maximum atomic E-state index is 10.6. The fourth-order valence-electron chi connectivity index (χ4n) is 3.69. The van der Waals surface area contributed by atoms with E-state index in [0.717, 1.165) is 30.9 Å². The van der Waals surface area contributed by atoms with Crippen LogP contribution < -0.4 is 0 Å². The first kappa shape index (κ1) is 17.1. The van der Waals surface area contributed by atoms with Crippen molar-refractivity contribution < 1.29 is 10.2 Å². The van der Waals surface area contributed by atoms with E-state index in [9.17, 15) is 10.2 Å². The quantitative estimate of drug-likeness (QED) is 0.843. The van der Waals surface area contributed by atoms with Gasteiger partial charge in [0, 0.05) is 36.9 Å². The van der Waals surface area contributed by atoms with Gasteiger partial charge in [-0.15, -0.1) is 0 Å². The number of benzene rings is 1. The molecule has 1 aliphatic rings. The summed E-state index contributed by atoms with van der Waals surface area (Å²) in [4.78, 5) is 2.34. The number of aryl methyl sites for hydroxylation is 1. The van der Waals surface area contributed by atoms with Gasteiger partial charge in [0.1, 0.15) is 0 Å². The summed E-state index contributed by atoms with van der Waals surface area (Å²) in [5, 5.41) is 25.0. The average molecular weight is 329 g/mol. The lowest BCUT2D eigenvalue weighted by molar-refractivity contribution is -0.0754. The summed E-state index contributed by atoms with van der Waals surface area (Å²) in [5.74, 6) is 0. The molecule has 2 heterocycles. The average Bonchev–Trinajstić information content (AvgIpc) is 3.01. The Morgan fingerprint density at radius 1 is 1.21 bits per heavy atom. The van der Waals surface area contributed by atoms with Crippen LogP contribution in [0.25, 0.3) is 0 Å². The van der Waals surface area contributed by atoms with E-state index >= 15 is 0 Å². The molecule has 2 atom stereocenters. The van der Waals surface area contributed by atoms with Gasteiger partial charge in [0.2, 0.25) is 0 Å². The zero-order chi connectivity index (χ0) is 17.0. The van der Waals surface area contributed by atoms with Crippen molar-refractivity contribution in [1.29, 1.82) is 0 Å². The number of hydrogen-bond donors (Lipinski definition) is 2. The fourth-order valence-corrected chi connectivity index (χ4v) is 3.69. The van der Waals surface area contributed by atoms with Gasteiger partial charge in [-0.05, 0) is 31.4 Å². The highest BCUT2D eigenvalue weighted by molar-refractivity contribution is 5.18. The lowest BCUT2D eigenvalue weighted by Gasteiger charge is -2.45. The molecule has 5 heteroatoms. The van der Waals surface area contributed by atoms with Gasteiger partial charge in [0.15, 0.2) is 0 Å². The summed E-state index contributed by atoms with van der Waals surface area (Å²) < 4.78 is 2.00. The van der Waals surface area contributed by atoms with Crippen molar-refractivity contribution in [2.45, 2.75) is 32.4 Å². The molecule has 1 aromatic heterocycles. The lowest BCUT2D eigenvalue weighted by atomic mass is 9.73. The van der Waals surface area contributed by atoms with Crippen LogP contribution in [-0.2, 0) is 13.0 Å². The molecule has 1 fully saturated rings. The Hall–Kier alpha value is -1.69. The SMILES string of the molecule is Cc1ccnn1CCN1CC[C@H](O)[C@](CO)(Cc2ccccc2)C1. The fraction of sp³-hybridized carbons (Fsp3) is 0.526. The Morgan fingerprint density at radius 3 is 2.67 bits per heavy atom. The number of aliphatic hydroxyl groups is 2. The zero-order valence-corrected chi connectivity index (χ0v) is 14.3. The van der Waals surface area contributed by atoms with Crippen LogP contribution in [0, 0.1) is 12.3 Å². The van der Waals surface area contributed by atoms with Crippen LogP contribution in [0.2, 0.25) is 0 Å². The first-order valence-corrected chi connectivity index (χ1v) is 8.66. The molecule has 0 bridgehead atoms. The van der Waals surface area contributed by atoms with Crippen LogP contribution >= 0.6 is 0 Å². The Bertz CT molecular complexity index is 643. The number of nitrogens with zero attached hydrogens (tertiary/aromatic N) is 3. The highest BCUT2D eigenvalue weighted by Crippen LogP contribution is 2.33. The first-order chi connectivity index (χ1) is 11.6. The molecule has 3 rings (SSSR count). The molecule has 1 aliphatic heterocycles. The van der Waals surface area contributed by atoms with Crippen LogP contribution in [-0.4, -0.2) is 57.2 Å². The second kappa shape index (κ2) is 7.47. The summed E-state index contributed by atoms with van der Waals surface area (Å²) in [6, 6.07) is 12.1. The molecule has 0 aliphatic carbocycles. The van der Waals surface area contributed by atoms with Gasteiger partial charge in [-0.2, -0.15) is 5.10 Å². The van der Waals surface area contributed by atoms with E-state index in [0.29, 0.717) is 19.4 Å². The van der Waals surface area contributed by atoms with Crippen molar-refractivity contribution in [3.8, 4) is 0 Å². The van der Waals surface area contributed by atoms with Gasteiger partial charge in [-0.3, -0.25) is 4.68 Å². The summed E-state index contributed by atoms with van der Waals surface area (Å²) in [6.07, 6.45) is 2.75. The summed E-state index contributed by atoms with van der Waals surface area (Å²) >= 11 is 0. The Kier molecular flexibility index (Phi) is 5.33. The second-order valence-corrected chi connectivity index (χ2v) is 6.96. The predicted octanol–water partition coefficient (Wildman–Crippen LogP) is 1.48. The van der Waals surface area contributed by atoms with Crippen LogP contribution in [0.15, 0.2) is 42.6 Å². The number of aliphatic hydroxyl groups excluding tert-OH is 2. The topological polar surface area (TPSA) is 61.5 Å². The van der Waals surface area contributed by atoms with Crippen LogP contribution in [0.1, 0.15) is 17.7 Å². The molecule has 5 nitrogen and oxygen atoms in total. The molecule has 0 radical (unpaired) electrons. The van der Waals surface area contributed by atoms with Crippen LogP contribution in [0.5, 0.6) is 0 Å². The molecule has 0 amide bonds. The molecule has 24 heavy (non-hydrogen) atoms. The third-order valence-electron chi connectivity index (χ3n) is 5.24. The molecular formula is C19H27N3O2. The van der Waals surface area contributed by atoms with Crippen molar-refractivity contribution in [1.82, 2.24) is 14.7 Å². The molecule has 0 unspecified atom stereocenters. The minimum absolute atomic E-state index is 0.000356. The van der Waals surface area contributed by atoms with E-state index in [4.69, 9.17) is 0 Å². The maximum Gasteiger partial charge on any atom is 0.0646 e. The van der Waals surface area contributed by atoms with Crippen LogP contribution in [0.4, 0.5) is 0 Å². The number of rotatable bonds is 6. The molecular weight excluding hydrogens is 302 g/mol. The van der Waals surface area contributed by atoms with Gasteiger partial charge in [-0.25, -0.2) is 0 Å². The normalized spacial score (nSPS) is 25.0. The summed E-state index contributed by atoms with van der Waals surface area (Å²) in [5.41, 5.74) is 1.83. The number of hydrogen-bond acceptors (Lipinski definition) is 4. The highest BCUT2D eigenvalue weighted by atomic mass is 16.3. The number of piperidine rings is 1. The molecule has 2 aromatic rings. The third-order valence-corrected chi connectivity index (χ3v) is 5.24. The van der Waals surface area contributed by atoms with Gasteiger partial charge in [-0.1, -0.05) is 30.3 Å². The third kappa shape index (κ3) is 3.69. The van der Waals surface area contributed by atoms with Gasteiger partial charge >= 0.3 is 0 Å². The predicted molar refractivity (Wildman–Crippen MR) is 93.7 cm³/mol. The van der Waals surface area contributed by atoms with Crippen molar-refractivity contribution in [3.05, 3.63) is 53.9 Å². The standard InChI is InChI=1S/C19H27N3O2/c1-16-7-9-20-22(16)12-11-21-10-8-18(24)19(14-21,15-23)13-17-5-3-2-4-6-17/h2-7,9,18,23-24H,8,10-15H2,1H3/t18-,19+/m0/s1. The van der Waals surface area contributed by atoms with Crippen molar-refractivity contribution in [2.24, 2.45) is 5.41 Å². The van der Waals surface area contributed by atoms with E-state index in [-0.39, 0.29) is 6.61 Å². The number of likely N-dealkylation sites (tertiary alicyclic amines) is 1. The minimum Gasteiger partial charge on any atom is -0.396 e. The van der Waals surface area contributed by atoms with E-state index < -0.39 is 11.5 Å². The summed E-state index contributed by atoms with van der Waals surface area (Å²) in [7, 11) is 0.